The Bertz CT molecular complexity index is 1050. The molecule has 0 bridgehead atoms. The van der Waals surface area contributed by atoms with Crippen molar-refractivity contribution in [3.63, 3.8) is 0 Å². The van der Waals surface area contributed by atoms with Crippen LogP contribution < -0.4 is 25.0 Å². The highest BCUT2D eigenvalue weighted by Gasteiger charge is 2.21. The first-order valence-corrected chi connectivity index (χ1v) is 11.8. The molecule has 0 radical (unpaired) electrons. The number of anilines is 1. The highest BCUT2D eigenvalue weighted by atomic mass is 16.5. The molecule has 0 saturated carbocycles. The fourth-order valence-electron chi connectivity index (χ4n) is 4.57. The van der Waals surface area contributed by atoms with Crippen LogP contribution in [0.4, 0.5) is 5.69 Å². The normalized spacial score (nSPS) is 19.9. The van der Waals surface area contributed by atoms with Gasteiger partial charge in [0.05, 0.1) is 20.8 Å². The molecule has 0 unspecified atom stereocenters. The highest BCUT2D eigenvalue weighted by molar-refractivity contribution is 6.00. The van der Waals surface area contributed by atoms with Crippen LogP contribution in [0, 0.1) is 0 Å². The zero-order chi connectivity index (χ0) is 24.1. The molecular formula is C27H34N4O3. The molecule has 2 atom stereocenters. The van der Waals surface area contributed by atoms with Crippen LogP contribution >= 0.6 is 0 Å². The summed E-state index contributed by atoms with van der Waals surface area (Å²) in [6, 6.07) is 14.6. The number of hydrogen-bond donors (Lipinski definition) is 2. The van der Waals surface area contributed by atoms with E-state index < -0.39 is 0 Å². The highest BCUT2D eigenvalue weighted by Crippen LogP contribution is 2.24. The lowest BCUT2D eigenvalue weighted by molar-refractivity contribution is 0.0965. The maximum atomic E-state index is 12.8. The number of aliphatic imine (C=N–C) groups is 1. The van der Waals surface area contributed by atoms with Gasteiger partial charge < -0.3 is 25.0 Å². The Morgan fingerprint density at radius 1 is 1.03 bits per heavy atom. The number of amides is 1. The second-order valence-corrected chi connectivity index (χ2v) is 9.07. The van der Waals surface area contributed by atoms with Gasteiger partial charge in [-0.2, -0.15) is 0 Å². The first-order valence-electron chi connectivity index (χ1n) is 11.8. The monoisotopic (exact) mass is 462 g/mol. The molecule has 2 aliphatic heterocycles. The molecule has 2 aromatic rings. The summed E-state index contributed by atoms with van der Waals surface area (Å²) in [5, 5.41) is 6.56. The van der Waals surface area contributed by atoms with E-state index in [9.17, 15) is 4.79 Å². The third kappa shape index (κ3) is 5.97. The SMILES string of the molecule is COc1cc(CCC2=NCC(NC(=O)c3ccc(N4C[C@@H](C)N[C@@H](C)C4)cc3)=C2)cc(OC)c1. The van der Waals surface area contributed by atoms with Crippen molar-refractivity contribution < 1.29 is 14.3 Å². The minimum absolute atomic E-state index is 0.103. The van der Waals surface area contributed by atoms with E-state index in [1.54, 1.807) is 14.2 Å². The summed E-state index contributed by atoms with van der Waals surface area (Å²) in [6.45, 7) is 6.82. The molecule has 2 aliphatic rings. The fourth-order valence-corrected chi connectivity index (χ4v) is 4.57. The van der Waals surface area contributed by atoms with Gasteiger partial charge in [0.15, 0.2) is 0 Å². The van der Waals surface area contributed by atoms with Crippen molar-refractivity contribution in [2.45, 2.75) is 38.8 Å². The summed E-state index contributed by atoms with van der Waals surface area (Å²) in [5.41, 5.74) is 4.74. The van der Waals surface area contributed by atoms with Crippen molar-refractivity contribution >= 4 is 17.3 Å². The van der Waals surface area contributed by atoms with Gasteiger partial charge in [0.1, 0.15) is 11.5 Å². The predicted octanol–water partition coefficient (Wildman–Crippen LogP) is 3.59. The Morgan fingerprint density at radius 3 is 2.29 bits per heavy atom. The number of nitrogens with zero attached hydrogens (tertiary/aromatic N) is 2. The predicted molar refractivity (Wildman–Crippen MR) is 136 cm³/mol. The van der Waals surface area contributed by atoms with E-state index in [1.807, 2.05) is 48.5 Å². The third-order valence-electron chi connectivity index (χ3n) is 6.20. The summed E-state index contributed by atoms with van der Waals surface area (Å²) in [6.07, 6.45) is 3.58. The maximum absolute atomic E-state index is 12.8. The van der Waals surface area contributed by atoms with E-state index in [2.05, 4.69) is 34.4 Å². The molecule has 1 saturated heterocycles. The summed E-state index contributed by atoms with van der Waals surface area (Å²) >= 11 is 0. The molecule has 4 rings (SSSR count). The number of benzene rings is 2. The lowest BCUT2D eigenvalue weighted by Crippen LogP contribution is -2.54. The Hall–Kier alpha value is -3.32. The lowest BCUT2D eigenvalue weighted by Gasteiger charge is -2.37. The number of ether oxygens (including phenoxy) is 2. The van der Waals surface area contributed by atoms with Crippen LogP contribution in [-0.2, 0) is 6.42 Å². The van der Waals surface area contributed by atoms with Gasteiger partial charge in [0.2, 0.25) is 0 Å². The second kappa shape index (κ2) is 10.7. The summed E-state index contributed by atoms with van der Waals surface area (Å²) in [4.78, 5) is 19.7. The molecule has 0 spiro atoms. The van der Waals surface area contributed by atoms with Gasteiger partial charge in [0.25, 0.3) is 5.91 Å². The molecule has 34 heavy (non-hydrogen) atoms. The molecule has 7 nitrogen and oxygen atoms in total. The average Bonchev–Trinajstić information content (AvgIpc) is 3.29. The number of rotatable bonds is 8. The van der Waals surface area contributed by atoms with E-state index in [-0.39, 0.29) is 5.91 Å². The van der Waals surface area contributed by atoms with Crippen molar-refractivity contribution in [3.05, 3.63) is 65.4 Å². The van der Waals surface area contributed by atoms with Crippen LogP contribution in [0.2, 0.25) is 0 Å². The summed E-state index contributed by atoms with van der Waals surface area (Å²) < 4.78 is 10.7. The number of methoxy groups -OCH3 is 2. The van der Waals surface area contributed by atoms with Crippen molar-refractivity contribution in [3.8, 4) is 11.5 Å². The molecule has 2 heterocycles. The van der Waals surface area contributed by atoms with Crippen molar-refractivity contribution in [1.82, 2.24) is 10.6 Å². The topological polar surface area (TPSA) is 75.2 Å². The van der Waals surface area contributed by atoms with Crippen molar-refractivity contribution in [2.75, 3.05) is 38.8 Å². The fraction of sp³-hybridized carbons (Fsp3) is 0.407. The zero-order valence-corrected chi connectivity index (χ0v) is 20.4. The summed E-state index contributed by atoms with van der Waals surface area (Å²) in [5.74, 6) is 1.45. The number of piperazine rings is 1. The quantitative estimate of drug-likeness (QED) is 0.627. The molecule has 0 aromatic heterocycles. The van der Waals surface area contributed by atoms with Crippen LogP contribution in [0.5, 0.6) is 11.5 Å². The number of carbonyl (C=O) groups excluding carboxylic acids is 1. The molecule has 2 N–H and O–H groups in total. The molecular weight excluding hydrogens is 428 g/mol. The number of nitrogens with one attached hydrogen (secondary N) is 2. The van der Waals surface area contributed by atoms with Crippen LogP contribution in [0.25, 0.3) is 0 Å². The number of hydrogen-bond acceptors (Lipinski definition) is 6. The van der Waals surface area contributed by atoms with Gasteiger partial charge in [0, 0.05) is 53.9 Å². The molecule has 1 amide bonds. The van der Waals surface area contributed by atoms with Gasteiger partial charge >= 0.3 is 0 Å². The third-order valence-corrected chi connectivity index (χ3v) is 6.20. The smallest absolute Gasteiger partial charge is 0.255 e. The summed E-state index contributed by atoms with van der Waals surface area (Å²) in [7, 11) is 3.30. The molecule has 2 aromatic carbocycles. The van der Waals surface area contributed by atoms with E-state index in [0.29, 0.717) is 24.2 Å². The minimum Gasteiger partial charge on any atom is -0.497 e. The van der Waals surface area contributed by atoms with Gasteiger partial charge in [-0.3, -0.25) is 9.79 Å². The van der Waals surface area contributed by atoms with Gasteiger partial charge in [-0.25, -0.2) is 0 Å². The van der Waals surface area contributed by atoms with Gasteiger partial charge in [-0.05, 0) is 74.7 Å². The van der Waals surface area contributed by atoms with Crippen LogP contribution in [0.15, 0.2) is 59.2 Å². The lowest BCUT2D eigenvalue weighted by atomic mass is 10.1. The molecule has 7 heteroatoms. The van der Waals surface area contributed by atoms with Crippen LogP contribution in [-0.4, -0.2) is 57.6 Å². The van der Waals surface area contributed by atoms with E-state index >= 15 is 0 Å². The van der Waals surface area contributed by atoms with E-state index in [0.717, 1.165) is 60.1 Å². The zero-order valence-electron chi connectivity index (χ0n) is 20.4. The van der Waals surface area contributed by atoms with Gasteiger partial charge in [-0.15, -0.1) is 0 Å². The van der Waals surface area contributed by atoms with Gasteiger partial charge in [-0.1, -0.05) is 0 Å². The Labute approximate surface area is 201 Å². The minimum atomic E-state index is -0.103. The second-order valence-electron chi connectivity index (χ2n) is 9.07. The van der Waals surface area contributed by atoms with E-state index in [4.69, 9.17) is 9.47 Å². The first-order chi connectivity index (χ1) is 16.4. The molecule has 180 valence electrons. The van der Waals surface area contributed by atoms with Crippen molar-refractivity contribution in [2.24, 2.45) is 4.99 Å². The van der Waals surface area contributed by atoms with Crippen molar-refractivity contribution in [1.29, 1.82) is 0 Å². The number of allylic oxidation sites excluding steroid dienone is 1. The Kier molecular flexibility index (Phi) is 7.53. The van der Waals surface area contributed by atoms with E-state index in [1.165, 1.54) is 0 Å². The first kappa shape index (κ1) is 23.8. The Balaban J connectivity index is 1.31. The molecule has 0 aliphatic carbocycles. The average molecular weight is 463 g/mol. The Morgan fingerprint density at radius 2 is 1.68 bits per heavy atom. The standard InChI is InChI=1S/C27H34N4O3/c1-18-16-31(17-19(2)29-18)24-9-6-21(7-10-24)27(32)30-23-13-22(28-15-23)8-5-20-11-25(33-3)14-26(12-20)34-4/h6-7,9-14,18-19,29H,5,8,15-17H2,1-4H3,(H,30,32)/t18-,19+. The largest absolute Gasteiger partial charge is 0.497 e. The molecule has 1 fully saturated rings. The van der Waals surface area contributed by atoms with Crippen LogP contribution in [0.3, 0.4) is 0 Å². The van der Waals surface area contributed by atoms with Crippen LogP contribution in [0.1, 0.15) is 36.2 Å². The number of carbonyl (C=O) groups is 1. The maximum Gasteiger partial charge on any atom is 0.255 e. The number of aryl methyl sites for hydroxylation is 1.